The molecule has 0 spiro atoms. The second-order valence-electron chi connectivity index (χ2n) is 7.26. The van der Waals surface area contributed by atoms with Crippen molar-refractivity contribution in [2.45, 2.75) is 18.8 Å². The van der Waals surface area contributed by atoms with E-state index in [0.717, 1.165) is 37.2 Å². The van der Waals surface area contributed by atoms with E-state index < -0.39 is 0 Å². The number of carbonyl (C=O) groups excluding carboxylic acids is 1. The van der Waals surface area contributed by atoms with Crippen molar-refractivity contribution in [3.8, 4) is 17.1 Å². The van der Waals surface area contributed by atoms with Gasteiger partial charge in [-0.3, -0.25) is 9.69 Å². The first-order valence-electron chi connectivity index (χ1n) is 9.87. The number of hydrogen-bond donors (Lipinski definition) is 1. The first-order chi connectivity index (χ1) is 14.6. The van der Waals surface area contributed by atoms with E-state index in [9.17, 15) is 4.79 Å². The van der Waals surface area contributed by atoms with Crippen molar-refractivity contribution in [3.63, 3.8) is 0 Å². The van der Waals surface area contributed by atoms with Crippen LogP contribution >= 0.6 is 11.6 Å². The number of para-hydroxylation sites is 1. The van der Waals surface area contributed by atoms with Crippen molar-refractivity contribution in [3.05, 3.63) is 59.4 Å². The topological polar surface area (TPSA) is 80.5 Å². The molecule has 8 heteroatoms. The van der Waals surface area contributed by atoms with E-state index in [1.807, 2.05) is 36.4 Å². The number of piperidine rings is 1. The van der Waals surface area contributed by atoms with Crippen molar-refractivity contribution in [1.29, 1.82) is 0 Å². The zero-order valence-electron chi connectivity index (χ0n) is 16.7. The number of hydrogen-bond acceptors (Lipinski definition) is 6. The lowest BCUT2D eigenvalue weighted by atomic mass is 9.97. The van der Waals surface area contributed by atoms with E-state index in [2.05, 4.69) is 20.4 Å². The largest absolute Gasteiger partial charge is 0.497 e. The van der Waals surface area contributed by atoms with Crippen LogP contribution in [0.3, 0.4) is 0 Å². The third-order valence-corrected chi connectivity index (χ3v) is 5.57. The Balaban J connectivity index is 1.30. The van der Waals surface area contributed by atoms with Crippen molar-refractivity contribution in [2.24, 2.45) is 0 Å². The van der Waals surface area contributed by atoms with Crippen LogP contribution < -0.4 is 10.1 Å². The number of ether oxygens (including phenoxy) is 1. The van der Waals surface area contributed by atoms with Gasteiger partial charge in [-0.2, -0.15) is 4.98 Å². The molecule has 3 aromatic rings. The molecule has 0 radical (unpaired) electrons. The highest BCUT2D eigenvalue weighted by Gasteiger charge is 2.26. The monoisotopic (exact) mass is 426 g/mol. The molecule has 1 N–H and O–H groups in total. The van der Waals surface area contributed by atoms with Gasteiger partial charge >= 0.3 is 0 Å². The Labute approximate surface area is 180 Å². The van der Waals surface area contributed by atoms with Crippen LogP contribution in [0.25, 0.3) is 11.4 Å². The number of rotatable bonds is 6. The Morgan fingerprint density at radius 1 is 1.20 bits per heavy atom. The standard InChI is InChI=1S/C22H23ClN4O3/c1-29-17-8-6-15(7-9-17)21-25-22(30-26-21)16-10-12-27(13-11-16)14-20(28)24-19-5-3-2-4-18(19)23/h2-9,16H,10-14H2,1H3,(H,24,28). The molecule has 7 nitrogen and oxygen atoms in total. The highest BCUT2D eigenvalue weighted by Crippen LogP contribution is 2.29. The maximum Gasteiger partial charge on any atom is 0.238 e. The van der Waals surface area contributed by atoms with E-state index in [1.54, 1.807) is 19.2 Å². The van der Waals surface area contributed by atoms with Crippen molar-refractivity contribution >= 4 is 23.2 Å². The van der Waals surface area contributed by atoms with Crippen molar-refractivity contribution < 1.29 is 14.1 Å². The van der Waals surface area contributed by atoms with Gasteiger partial charge in [-0.15, -0.1) is 0 Å². The maximum absolute atomic E-state index is 12.3. The summed E-state index contributed by atoms with van der Waals surface area (Å²) in [6.07, 6.45) is 1.73. The molecule has 1 fully saturated rings. The molecule has 2 aromatic carbocycles. The van der Waals surface area contributed by atoms with Gasteiger partial charge in [0.1, 0.15) is 5.75 Å². The predicted octanol–water partition coefficient (Wildman–Crippen LogP) is 4.22. The summed E-state index contributed by atoms with van der Waals surface area (Å²) < 4.78 is 10.7. The van der Waals surface area contributed by atoms with Gasteiger partial charge in [0.15, 0.2) is 0 Å². The van der Waals surface area contributed by atoms with Crippen molar-refractivity contribution in [1.82, 2.24) is 15.0 Å². The van der Waals surface area contributed by atoms with Crippen LogP contribution in [0.4, 0.5) is 5.69 Å². The second-order valence-corrected chi connectivity index (χ2v) is 7.67. The molecule has 0 aliphatic carbocycles. The number of anilines is 1. The lowest BCUT2D eigenvalue weighted by Gasteiger charge is -2.29. The number of aromatic nitrogens is 2. The average Bonchev–Trinajstić information content (AvgIpc) is 3.26. The van der Waals surface area contributed by atoms with Crippen LogP contribution in [0.5, 0.6) is 5.75 Å². The molecule has 1 aromatic heterocycles. The third kappa shape index (κ3) is 4.80. The SMILES string of the molecule is COc1ccc(-c2noc(C3CCN(CC(=O)Nc4ccccc4Cl)CC3)n2)cc1. The summed E-state index contributed by atoms with van der Waals surface area (Å²) in [6.45, 7) is 1.92. The Kier molecular flexibility index (Phi) is 6.30. The number of halogens is 1. The molecule has 4 rings (SSSR count). The van der Waals surface area contributed by atoms with Gasteiger partial charge in [0.05, 0.1) is 24.4 Å². The Bertz CT molecular complexity index is 998. The Hall–Kier alpha value is -2.90. The molecule has 1 aliphatic rings. The predicted molar refractivity (Wildman–Crippen MR) is 115 cm³/mol. The molecule has 0 bridgehead atoms. The average molecular weight is 427 g/mol. The number of likely N-dealkylation sites (tertiary alicyclic amines) is 1. The fourth-order valence-electron chi connectivity index (χ4n) is 3.55. The summed E-state index contributed by atoms with van der Waals surface area (Å²) in [5.74, 6) is 2.15. The number of amides is 1. The lowest BCUT2D eigenvalue weighted by molar-refractivity contribution is -0.117. The van der Waals surface area contributed by atoms with E-state index >= 15 is 0 Å². The van der Waals surface area contributed by atoms with Crippen LogP contribution in [-0.4, -0.2) is 47.7 Å². The van der Waals surface area contributed by atoms with Gasteiger partial charge in [-0.25, -0.2) is 0 Å². The number of nitrogens with zero attached hydrogens (tertiary/aromatic N) is 3. The highest BCUT2D eigenvalue weighted by atomic mass is 35.5. The number of benzene rings is 2. The number of methoxy groups -OCH3 is 1. The van der Waals surface area contributed by atoms with Gasteiger partial charge in [-0.1, -0.05) is 28.9 Å². The fourth-order valence-corrected chi connectivity index (χ4v) is 3.73. The third-order valence-electron chi connectivity index (χ3n) is 5.24. The Morgan fingerprint density at radius 3 is 2.63 bits per heavy atom. The first kappa shape index (κ1) is 20.4. The molecule has 156 valence electrons. The number of nitrogens with one attached hydrogen (secondary N) is 1. The van der Waals surface area contributed by atoms with Gasteiger partial charge in [0.25, 0.3) is 0 Å². The van der Waals surface area contributed by atoms with Gasteiger partial charge in [0.2, 0.25) is 17.6 Å². The van der Waals surface area contributed by atoms with E-state index in [-0.39, 0.29) is 11.8 Å². The molecule has 2 heterocycles. The molecule has 1 aliphatic heterocycles. The van der Waals surface area contributed by atoms with E-state index in [4.69, 9.17) is 20.9 Å². The van der Waals surface area contributed by atoms with E-state index in [0.29, 0.717) is 29.0 Å². The molecule has 30 heavy (non-hydrogen) atoms. The summed E-state index contributed by atoms with van der Waals surface area (Å²) >= 11 is 6.10. The molecule has 0 unspecified atom stereocenters. The molecule has 0 saturated carbocycles. The van der Waals surface area contributed by atoms with Gasteiger partial charge in [-0.05, 0) is 62.3 Å². The van der Waals surface area contributed by atoms with Crippen LogP contribution in [0.1, 0.15) is 24.7 Å². The normalized spacial score (nSPS) is 15.1. The van der Waals surface area contributed by atoms with Crippen LogP contribution in [0.15, 0.2) is 53.1 Å². The van der Waals surface area contributed by atoms with E-state index in [1.165, 1.54) is 0 Å². The van der Waals surface area contributed by atoms with Crippen LogP contribution in [0, 0.1) is 0 Å². The van der Waals surface area contributed by atoms with Crippen LogP contribution in [0.2, 0.25) is 5.02 Å². The molecule has 1 saturated heterocycles. The zero-order valence-corrected chi connectivity index (χ0v) is 17.4. The smallest absolute Gasteiger partial charge is 0.238 e. The molecular weight excluding hydrogens is 404 g/mol. The summed E-state index contributed by atoms with van der Waals surface area (Å²) in [4.78, 5) is 19.0. The minimum Gasteiger partial charge on any atom is -0.497 e. The summed E-state index contributed by atoms with van der Waals surface area (Å²) in [5.41, 5.74) is 1.52. The first-order valence-corrected chi connectivity index (χ1v) is 10.2. The van der Waals surface area contributed by atoms with Crippen molar-refractivity contribution in [2.75, 3.05) is 32.1 Å². The maximum atomic E-state index is 12.3. The lowest BCUT2D eigenvalue weighted by Crippen LogP contribution is -2.38. The Morgan fingerprint density at radius 2 is 1.93 bits per heavy atom. The zero-order chi connectivity index (χ0) is 20.9. The molecule has 0 atom stereocenters. The van der Waals surface area contributed by atoms with Gasteiger partial charge in [0, 0.05) is 11.5 Å². The van der Waals surface area contributed by atoms with Gasteiger partial charge < -0.3 is 14.6 Å². The minimum atomic E-state index is -0.0684. The minimum absolute atomic E-state index is 0.0684. The fraction of sp³-hybridized carbons (Fsp3) is 0.318. The highest BCUT2D eigenvalue weighted by molar-refractivity contribution is 6.33. The summed E-state index contributed by atoms with van der Waals surface area (Å²) in [6, 6.07) is 14.8. The number of carbonyl (C=O) groups is 1. The summed E-state index contributed by atoms with van der Waals surface area (Å²) in [7, 11) is 1.63. The second kappa shape index (κ2) is 9.28. The summed E-state index contributed by atoms with van der Waals surface area (Å²) in [5, 5.41) is 7.53. The molecular formula is C22H23ClN4O3. The van der Waals surface area contributed by atoms with Crippen LogP contribution in [-0.2, 0) is 4.79 Å². The molecule has 1 amide bonds. The quantitative estimate of drug-likeness (QED) is 0.635.